The van der Waals surface area contributed by atoms with Crippen LogP contribution in [0, 0.1) is 0 Å². The second-order valence-electron chi connectivity index (χ2n) is 22.7. The molecule has 0 aromatic heterocycles. The van der Waals surface area contributed by atoms with Gasteiger partial charge < -0.3 is 28.5 Å². The van der Waals surface area contributed by atoms with Gasteiger partial charge in [0.1, 0.15) is 13.2 Å². The van der Waals surface area contributed by atoms with Crippen molar-refractivity contribution in [3.05, 3.63) is 219 Å². The third-order valence-corrected chi connectivity index (χ3v) is 13.2. The van der Waals surface area contributed by atoms with Crippen molar-refractivity contribution in [1.29, 1.82) is 0 Å². The zero-order chi connectivity index (χ0) is 64.7. The number of rotatable bonds is 59. The summed E-state index contributed by atoms with van der Waals surface area (Å²) in [4.78, 5) is 37.6. The number of ether oxygens (including phenoxy) is 4. The number of aliphatic carboxylic acids is 1. The molecule has 0 aliphatic rings. The Morgan fingerprint density at radius 2 is 0.618 bits per heavy atom. The predicted molar refractivity (Wildman–Crippen MR) is 381 cm³/mol. The maximum Gasteiger partial charge on any atom is 0.361 e. The third-order valence-electron chi connectivity index (χ3n) is 13.2. The van der Waals surface area contributed by atoms with Gasteiger partial charge in [-0.2, -0.15) is 0 Å². The van der Waals surface area contributed by atoms with Gasteiger partial charge in [0.25, 0.3) is 6.29 Å². The molecule has 0 aromatic carbocycles. The van der Waals surface area contributed by atoms with Crippen LogP contribution in [-0.2, 0) is 33.3 Å². The summed E-state index contributed by atoms with van der Waals surface area (Å²) in [6.07, 6.45) is 105. The largest absolute Gasteiger partial charge is 0.477 e. The highest BCUT2D eigenvalue weighted by atomic mass is 16.7. The molecule has 0 radical (unpaired) electrons. The first-order valence-electron chi connectivity index (χ1n) is 33.9. The molecule has 0 saturated carbocycles. The first-order chi connectivity index (χ1) is 43.6. The van der Waals surface area contributed by atoms with Gasteiger partial charge in [0, 0.05) is 12.8 Å². The van der Waals surface area contributed by atoms with Gasteiger partial charge in [0.05, 0.1) is 34.4 Å². The second-order valence-corrected chi connectivity index (χ2v) is 22.7. The molecule has 0 aliphatic heterocycles. The first kappa shape index (κ1) is 82.6. The third kappa shape index (κ3) is 69.0. The quantitative estimate of drug-likeness (QED) is 0.0211. The van der Waals surface area contributed by atoms with Crippen LogP contribution in [0.1, 0.15) is 206 Å². The van der Waals surface area contributed by atoms with E-state index in [9.17, 15) is 19.5 Å². The summed E-state index contributed by atoms with van der Waals surface area (Å²) in [7, 11) is 5.93. The van der Waals surface area contributed by atoms with E-state index in [1.165, 1.54) is 12.8 Å². The number of carboxylic acids is 1. The molecule has 2 atom stereocenters. The van der Waals surface area contributed by atoms with Crippen LogP contribution in [-0.4, -0.2) is 87.4 Å². The van der Waals surface area contributed by atoms with Crippen molar-refractivity contribution in [3.63, 3.8) is 0 Å². The molecular formula is C80H122NO8+. The maximum absolute atomic E-state index is 12.9. The van der Waals surface area contributed by atoms with Crippen LogP contribution in [0.5, 0.6) is 0 Å². The molecule has 89 heavy (non-hydrogen) atoms. The van der Waals surface area contributed by atoms with Crippen LogP contribution < -0.4 is 0 Å². The van der Waals surface area contributed by atoms with Crippen molar-refractivity contribution in [2.24, 2.45) is 0 Å². The van der Waals surface area contributed by atoms with E-state index < -0.39 is 30.3 Å². The highest BCUT2D eigenvalue weighted by Gasteiger charge is 2.25. The number of carboxylic acid groups (broad SMARTS) is 1. The number of hydrogen-bond donors (Lipinski definition) is 1. The smallest absolute Gasteiger partial charge is 0.361 e. The number of quaternary nitrogens is 1. The number of allylic oxidation sites excluding steroid dienone is 36. The summed E-state index contributed by atoms with van der Waals surface area (Å²) >= 11 is 0. The van der Waals surface area contributed by atoms with E-state index in [4.69, 9.17) is 18.9 Å². The van der Waals surface area contributed by atoms with Crippen LogP contribution in [0.2, 0.25) is 0 Å². The van der Waals surface area contributed by atoms with Gasteiger partial charge in [-0.25, -0.2) is 4.79 Å². The number of carbonyl (C=O) groups excluding carboxylic acids is 2. The van der Waals surface area contributed by atoms with Gasteiger partial charge in [0.2, 0.25) is 0 Å². The van der Waals surface area contributed by atoms with Crippen molar-refractivity contribution in [2.45, 2.75) is 219 Å². The van der Waals surface area contributed by atoms with E-state index in [1.54, 1.807) is 0 Å². The van der Waals surface area contributed by atoms with Crippen LogP contribution in [0.3, 0.4) is 0 Å². The summed E-state index contributed by atoms with van der Waals surface area (Å²) in [5, 5.41) is 9.74. The van der Waals surface area contributed by atoms with Crippen molar-refractivity contribution in [3.8, 4) is 0 Å². The minimum Gasteiger partial charge on any atom is -0.477 e. The van der Waals surface area contributed by atoms with Crippen LogP contribution in [0.15, 0.2) is 219 Å². The normalized spacial score (nSPS) is 14.1. The topological polar surface area (TPSA) is 108 Å². The Morgan fingerprint density at radius 3 is 0.933 bits per heavy atom. The number of hydrogen-bond acceptors (Lipinski definition) is 7. The lowest BCUT2D eigenvalue weighted by Gasteiger charge is -2.25. The summed E-state index contributed by atoms with van der Waals surface area (Å²) < 4.78 is 22.8. The lowest BCUT2D eigenvalue weighted by atomic mass is 10.1. The Kier molecular flexibility index (Phi) is 62.7. The Balaban J connectivity index is 4.36. The highest BCUT2D eigenvalue weighted by molar-refractivity contribution is 5.71. The van der Waals surface area contributed by atoms with Crippen molar-refractivity contribution in [2.75, 3.05) is 47.5 Å². The fourth-order valence-electron chi connectivity index (χ4n) is 8.12. The summed E-state index contributed by atoms with van der Waals surface area (Å²) in [6.45, 7) is 4.53. The van der Waals surface area contributed by atoms with E-state index in [0.717, 1.165) is 154 Å². The molecule has 0 heterocycles. The SMILES string of the molecule is CC/C=C\C/C=C\C/C=C\C/C=C\C/C=C\C/C=C\C/C=C\C/C=C\C/C=C\CCCCCCCCCC(=O)OC(COC(=O)CCC/C=C\C/C=C\C/C=C\C/C=C\C/C=C\C/C=C\C/C=C\C/C=C\C/C=C\CC)COC(OCC[N+](C)(C)C)C(=O)O. The number of likely N-dealkylation sites (N-methyl/N-ethyl adjacent to an activating group) is 1. The molecule has 0 saturated heterocycles. The molecule has 0 rings (SSSR count). The number of nitrogens with zero attached hydrogens (tertiary/aromatic N) is 1. The molecule has 9 nitrogen and oxygen atoms in total. The zero-order valence-electron chi connectivity index (χ0n) is 56.2. The van der Waals surface area contributed by atoms with Gasteiger partial charge in [-0.1, -0.05) is 265 Å². The molecule has 0 spiro atoms. The minimum atomic E-state index is -1.54. The number of unbranched alkanes of at least 4 members (excludes halogenated alkanes) is 8. The lowest BCUT2D eigenvalue weighted by molar-refractivity contribution is -0.870. The Hall–Kier alpha value is -6.39. The highest BCUT2D eigenvalue weighted by Crippen LogP contribution is 2.13. The van der Waals surface area contributed by atoms with Crippen LogP contribution >= 0.6 is 0 Å². The zero-order valence-corrected chi connectivity index (χ0v) is 56.2. The van der Waals surface area contributed by atoms with Crippen LogP contribution in [0.4, 0.5) is 0 Å². The molecule has 9 heteroatoms. The van der Waals surface area contributed by atoms with E-state index in [0.29, 0.717) is 23.9 Å². The first-order valence-corrected chi connectivity index (χ1v) is 33.9. The van der Waals surface area contributed by atoms with Crippen molar-refractivity contribution < 1.29 is 42.9 Å². The maximum atomic E-state index is 12.9. The fraction of sp³-hybridized carbons (Fsp3) is 0.512. The second kappa shape index (κ2) is 67.5. The van der Waals surface area contributed by atoms with Gasteiger partial charge in [0.15, 0.2) is 6.10 Å². The lowest BCUT2D eigenvalue weighted by Crippen LogP contribution is -2.40. The number of carbonyl (C=O) groups is 3. The molecule has 494 valence electrons. The predicted octanol–water partition coefficient (Wildman–Crippen LogP) is 21.3. The Labute approximate surface area is 543 Å². The monoisotopic (exact) mass is 1220 g/mol. The Bertz CT molecular complexity index is 2260. The molecule has 0 bridgehead atoms. The van der Waals surface area contributed by atoms with E-state index in [1.807, 2.05) is 21.1 Å². The van der Waals surface area contributed by atoms with E-state index >= 15 is 0 Å². The molecular weight excluding hydrogens is 1100 g/mol. The van der Waals surface area contributed by atoms with E-state index in [2.05, 4.69) is 233 Å². The average molecular weight is 1230 g/mol. The minimum absolute atomic E-state index is 0.163. The average Bonchev–Trinajstić information content (AvgIpc) is 3.64. The summed E-state index contributed by atoms with van der Waals surface area (Å²) in [6, 6.07) is 0. The van der Waals surface area contributed by atoms with Crippen LogP contribution in [0.25, 0.3) is 0 Å². The van der Waals surface area contributed by atoms with Gasteiger partial charge in [-0.3, -0.25) is 9.59 Å². The summed E-state index contributed by atoms with van der Waals surface area (Å²) in [5.74, 6) is -2.13. The number of esters is 2. The standard InChI is InChI=1S/C80H121NO8/c1-6-8-10-12-14-16-18-20-22-24-26-28-30-32-34-36-37-38-39-40-41-43-45-47-49-51-53-55-57-59-61-63-65-67-69-71-78(83)89-76(75-88-80(79(84)85)86-73-72-81(3,4)5)74-87-77(82)70-68-66-64-62-60-58-56-54-52-50-48-46-44-42-35-33-31-29-27-25-23-21-19-17-15-13-11-9-7-2/h8-11,14-17,20-23,26-29,32-35,37-38,40-41,44-47,50-53,56,58,62,64,76,80H,6-7,12-13,18-19,24-25,30-31,36,39,42-43,48-49,54-55,57,59-61,63,65-75H2,1-5H3/p+1/b10-8-,11-9-,16-14-,17-15-,22-20-,23-21-,28-26-,29-27-,34-32-,35-33-,38-37-,41-40-,46-44-,47-45-,52-50-,53-51-,58-56-,64-62-. The van der Waals surface area contributed by atoms with Gasteiger partial charge in [-0.15, -0.1) is 0 Å². The molecule has 0 aliphatic carbocycles. The fourth-order valence-corrected chi connectivity index (χ4v) is 8.12. The molecule has 2 unspecified atom stereocenters. The van der Waals surface area contributed by atoms with E-state index in [-0.39, 0.29) is 32.7 Å². The summed E-state index contributed by atoms with van der Waals surface area (Å²) in [5.41, 5.74) is 0. The molecule has 0 aromatic rings. The van der Waals surface area contributed by atoms with Crippen molar-refractivity contribution >= 4 is 17.9 Å². The molecule has 0 fully saturated rings. The van der Waals surface area contributed by atoms with Crippen molar-refractivity contribution in [1.82, 2.24) is 0 Å². The molecule has 1 N–H and O–H groups in total. The van der Waals surface area contributed by atoms with Gasteiger partial charge in [-0.05, 0) is 148 Å². The Morgan fingerprint density at radius 1 is 0.337 bits per heavy atom. The van der Waals surface area contributed by atoms with Gasteiger partial charge >= 0.3 is 17.9 Å². The molecule has 0 amide bonds.